The molecule has 1 saturated heterocycles. The normalized spacial score (nSPS) is 16.3. The van der Waals surface area contributed by atoms with Gasteiger partial charge in [0.15, 0.2) is 11.5 Å². The second-order valence-corrected chi connectivity index (χ2v) is 9.75. The van der Waals surface area contributed by atoms with Gasteiger partial charge >= 0.3 is 6.01 Å². The van der Waals surface area contributed by atoms with Gasteiger partial charge in [-0.25, -0.2) is 4.98 Å². The fourth-order valence-electron chi connectivity index (χ4n) is 5.28. The second kappa shape index (κ2) is 9.22. The molecule has 9 nitrogen and oxygen atoms in total. The van der Waals surface area contributed by atoms with Crippen LogP contribution in [0.3, 0.4) is 0 Å². The number of aromatic nitrogens is 5. The highest BCUT2D eigenvalue weighted by molar-refractivity contribution is 5.97. The van der Waals surface area contributed by atoms with Crippen molar-refractivity contribution in [3.05, 3.63) is 60.4 Å². The molecular weight excluding hydrogens is 464 g/mol. The highest BCUT2D eigenvalue weighted by Crippen LogP contribution is 2.38. The summed E-state index contributed by atoms with van der Waals surface area (Å²) in [4.78, 5) is 12.1. The molecule has 0 saturated carbocycles. The number of fused-ring (bicyclic) bond motifs is 2. The zero-order valence-corrected chi connectivity index (χ0v) is 20.9. The van der Waals surface area contributed by atoms with Crippen molar-refractivity contribution in [1.82, 2.24) is 29.0 Å². The number of hydrogen-bond donors (Lipinski definition) is 1. The van der Waals surface area contributed by atoms with Gasteiger partial charge in [-0.05, 0) is 56.3 Å². The van der Waals surface area contributed by atoms with Gasteiger partial charge in [-0.2, -0.15) is 15.3 Å². The molecule has 5 aromatic rings. The molecule has 3 aromatic heterocycles. The van der Waals surface area contributed by atoms with E-state index in [0.29, 0.717) is 29.9 Å². The maximum atomic E-state index is 9.31. The lowest BCUT2D eigenvalue weighted by Crippen LogP contribution is -2.35. The van der Waals surface area contributed by atoms with Crippen molar-refractivity contribution in [1.29, 1.82) is 5.26 Å². The number of nitrogen functional groups attached to an aromatic ring is 1. The molecule has 186 valence electrons. The van der Waals surface area contributed by atoms with Crippen molar-refractivity contribution in [2.24, 2.45) is 13.0 Å². The number of likely N-dealkylation sites (tertiary alicyclic amines) is 1. The molecule has 2 aromatic carbocycles. The van der Waals surface area contributed by atoms with Crippen LogP contribution < -0.4 is 10.5 Å². The summed E-state index contributed by atoms with van der Waals surface area (Å²) in [6.07, 6.45) is 5.97. The summed E-state index contributed by atoms with van der Waals surface area (Å²) in [5, 5.41) is 14.5. The lowest BCUT2D eigenvalue weighted by atomic mass is 9.98. The van der Waals surface area contributed by atoms with Crippen LogP contribution in [0, 0.1) is 17.2 Å². The number of ether oxygens (including phenoxy) is 1. The van der Waals surface area contributed by atoms with Crippen molar-refractivity contribution in [3.63, 3.8) is 0 Å². The number of nitrogens with zero attached hydrogens (tertiary/aromatic N) is 7. The highest BCUT2D eigenvalue weighted by atomic mass is 16.5. The van der Waals surface area contributed by atoms with Crippen LogP contribution in [0.5, 0.6) is 6.01 Å². The average Bonchev–Trinajstić information content (AvgIpc) is 3.51. The lowest BCUT2D eigenvalue weighted by Gasteiger charge is -2.29. The number of nitrogens with two attached hydrogens (primary N) is 1. The van der Waals surface area contributed by atoms with Gasteiger partial charge in [-0.3, -0.25) is 9.08 Å². The topological polar surface area (TPSA) is 110 Å². The molecule has 1 aliphatic rings. The quantitative estimate of drug-likeness (QED) is 0.393. The van der Waals surface area contributed by atoms with Crippen molar-refractivity contribution in [3.8, 4) is 34.5 Å². The third-order valence-electron chi connectivity index (χ3n) is 7.14. The summed E-state index contributed by atoms with van der Waals surface area (Å²) in [5.74, 6) is 0.928. The van der Waals surface area contributed by atoms with Gasteiger partial charge in [0, 0.05) is 42.9 Å². The standard InChI is InChI=1S/C28H28N8O/c1-34-12-3-4-19(16-34)17-37-28-32-25(20-7-5-18(15-29)6-8-20)24(27-31-11-13-36(27)28)21-9-10-23-22(14-21)26(30)33-35(23)2/h5-11,13-14,19H,3-4,12,16-17H2,1-2H3,(H2,30,33)/t19-/m1/s1. The first-order valence-electron chi connectivity index (χ1n) is 12.4. The van der Waals surface area contributed by atoms with E-state index in [9.17, 15) is 5.26 Å². The molecule has 0 radical (unpaired) electrons. The number of piperidine rings is 1. The summed E-state index contributed by atoms with van der Waals surface area (Å²) in [7, 11) is 4.03. The van der Waals surface area contributed by atoms with E-state index in [2.05, 4.69) is 23.1 Å². The molecule has 1 fully saturated rings. The molecule has 6 rings (SSSR count). The summed E-state index contributed by atoms with van der Waals surface area (Å²) in [6, 6.07) is 16.2. The van der Waals surface area contributed by atoms with Gasteiger partial charge in [-0.15, -0.1) is 0 Å². The van der Waals surface area contributed by atoms with Crippen LogP contribution in [0.4, 0.5) is 5.82 Å². The Kier molecular flexibility index (Phi) is 5.74. The van der Waals surface area contributed by atoms with Crippen LogP contribution in [0.2, 0.25) is 0 Å². The smallest absolute Gasteiger partial charge is 0.302 e. The molecule has 0 aliphatic carbocycles. The first kappa shape index (κ1) is 23.0. The molecule has 37 heavy (non-hydrogen) atoms. The van der Waals surface area contributed by atoms with E-state index in [4.69, 9.17) is 20.4 Å². The Morgan fingerprint density at radius 3 is 2.73 bits per heavy atom. The predicted octanol–water partition coefficient (Wildman–Crippen LogP) is 4.12. The summed E-state index contributed by atoms with van der Waals surface area (Å²) >= 11 is 0. The minimum Gasteiger partial charge on any atom is -0.464 e. The monoisotopic (exact) mass is 492 g/mol. The summed E-state index contributed by atoms with van der Waals surface area (Å²) < 4.78 is 10.0. The Hall–Kier alpha value is -4.42. The maximum Gasteiger partial charge on any atom is 0.302 e. The van der Waals surface area contributed by atoms with Crippen LogP contribution in [0.15, 0.2) is 54.9 Å². The number of benzene rings is 2. The van der Waals surface area contributed by atoms with E-state index in [0.717, 1.165) is 58.4 Å². The molecule has 4 heterocycles. The SMILES string of the molecule is CN1CCC[C@@H](COc2nc(-c3ccc(C#N)cc3)c(-c3ccc4c(c3)c(N)nn4C)c3nccn23)C1. The minimum absolute atomic E-state index is 0.452. The number of anilines is 1. The Morgan fingerprint density at radius 1 is 1.14 bits per heavy atom. The molecule has 0 bridgehead atoms. The number of rotatable bonds is 5. The van der Waals surface area contributed by atoms with Gasteiger partial charge in [0.1, 0.15) is 0 Å². The molecular formula is C28H28N8O. The van der Waals surface area contributed by atoms with Gasteiger partial charge in [0.05, 0.1) is 35.0 Å². The van der Waals surface area contributed by atoms with Crippen LogP contribution in [-0.4, -0.2) is 55.8 Å². The Labute approximate surface area is 214 Å². The van der Waals surface area contributed by atoms with E-state index in [1.807, 2.05) is 48.0 Å². The van der Waals surface area contributed by atoms with Gasteiger partial charge < -0.3 is 15.4 Å². The van der Waals surface area contributed by atoms with Crippen molar-refractivity contribution < 1.29 is 4.74 Å². The largest absolute Gasteiger partial charge is 0.464 e. The van der Waals surface area contributed by atoms with Crippen LogP contribution in [-0.2, 0) is 7.05 Å². The molecule has 2 N–H and O–H groups in total. The number of hydrogen-bond acceptors (Lipinski definition) is 7. The fourth-order valence-corrected chi connectivity index (χ4v) is 5.28. The van der Waals surface area contributed by atoms with E-state index in [-0.39, 0.29) is 0 Å². The lowest BCUT2D eigenvalue weighted by molar-refractivity contribution is 0.143. The maximum absolute atomic E-state index is 9.31. The second-order valence-electron chi connectivity index (χ2n) is 9.75. The van der Waals surface area contributed by atoms with Crippen molar-refractivity contribution in [2.75, 3.05) is 32.5 Å². The fraction of sp³-hybridized carbons (Fsp3) is 0.286. The Morgan fingerprint density at radius 2 is 1.95 bits per heavy atom. The van der Waals surface area contributed by atoms with Gasteiger partial charge in [-0.1, -0.05) is 18.2 Å². The number of aryl methyl sites for hydroxylation is 1. The van der Waals surface area contributed by atoms with Gasteiger partial charge in [0.2, 0.25) is 0 Å². The third kappa shape index (κ3) is 4.15. The molecule has 0 unspecified atom stereocenters. The van der Waals surface area contributed by atoms with Gasteiger partial charge in [0.25, 0.3) is 0 Å². The van der Waals surface area contributed by atoms with Crippen LogP contribution in [0.25, 0.3) is 38.9 Å². The average molecular weight is 493 g/mol. The van der Waals surface area contributed by atoms with E-state index >= 15 is 0 Å². The van der Waals surface area contributed by atoms with E-state index < -0.39 is 0 Å². The number of imidazole rings is 1. The minimum atomic E-state index is 0.452. The highest BCUT2D eigenvalue weighted by Gasteiger charge is 2.22. The third-order valence-corrected chi connectivity index (χ3v) is 7.14. The first-order valence-corrected chi connectivity index (χ1v) is 12.4. The zero-order valence-electron chi connectivity index (χ0n) is 20.9. The Balaban J connectivity index is 1.51. The first-order chi connectivity index (χ1) is 18.0. The zero-order chi connectivity index (χ0) is 25.5. The number of nitriles is 1. The molecule has 1 aliphatic heterocycles. The van der Waals surface area contributed by atoms with E-state index in [1.165, 1.54) is 6.42 Å². The van der Waals surface area contributed by atoms with Crippen molar-refractivity contribution >= 4 is 22.4 Å². The predicted molar refractivity (Wildman–Crippen MR) is 143 cm³/mol. The Bertz CT molecular complexity index is 1640. The van der Waals surface area contributed by atoms with Crippen LogP contribution >= 0.6 is 0 Å². The molecule has 0 spiro atoms. The van der Waals surface area contributed by atoms with Crippen LogP contribution in [0.1, 0.15) is 18.4 Å². The summed E-state index contributed by atoms with van der Waals surface area (Å²) in [5.41, 5.74) is 11.9. The molecule has 0 amide bonds. The van der Waals surface area contributed by atoms with Crippen molar-refractivity contribution in [2.45, 2.75) is 12.8 Å². The van der Waals surface area contributed by atoms with E-state index in [1.54, 1.807) is 23.0 Å². The molecule has 1 atom stereocenters. The molecule has 9 heteroatoms. The summed E-state index contributed by atoms with van der Waals surface area (Å²) in [6.45, 7) is 2.74.